The minimum atomic E-state index is -1.47. The molecule has 1 aromatic heterocycles. The van der Waals surface area contributed by atoms with Crippen LogP contribution in [0.5, 0.6) is 0 Å². The number of nitrogens with zero attached hydrogens (tertiary/aromatic N) is 1. The second kappa shape index (κ2) is 16.6. The van der Waals surface area contributed by atoms with Gasteiger partial charge in [-0.15, -0.1) is 0 Å². The van der Waals surface area contributed by atoms with Gasteiger partial charge >= 0.3 is 17.9 Å². The second-order valence-corrected chi connectivity index (χ2v) is 8.56. The number of nitrogens with two attached hydrogens (primary N) is 2. The van der Waals surface area contributed by atoms with Crippen molar-refractivity contribution in [1.82, 2.24) is 25.9 Å². The Bertz CT molecular complexity index is 955. The molecule has 0 aliphatic heterocycles. The number of H-pyrrole nitrogens is 1. The molecule has 4 unspecified atom stereocenters. The molecule has 0 bridgehead atoms. The number of carbonyl (C=O) groups excluding carboxylic acids is 3. The van der Waals surface area contributed by atoms with Crippen LogP contribution in [0.4, 0.5) is 0 Å². The van der Waals surface area contributed by atoms with Gasteiger partial charge in [0.15, 0.2) is 0 Å². The van der Waals surface area contributed by atoms with E-state index in [1.54, 1.807) is 0 Å². The normalized spacial score (nSPS) is 13.9. The summed E-state index contributed by atoms with van der Waals surface area (Å²) in [7, 11) is 0. The number of hydrogen-bond donors (Lipinski definition) is 9. The third-order valence-electron chi connectivity index (χ3n) is 5.45. The van der Waals surface area contributed by atoms with Crippen molar-refractivity contribution in [2.45, 2.75) is 75.5 Å². The monoisotopic (exact) mass is 541 g/mol. The van der Waals surface area contributed by atoms with Crippen molar-refractivity contribution < 1.29 is 44.1 Å². The first kappa shape index (κ1) is 32.0. The zero-order chi connectivity index (χ0) is 28.7. The summed E-state index contributed by atoms with van der Waals surface area (Å²) in [4.78, 5) is 78.7. The van der Waals surface area contributed by atoms with Crippen molar-refractivity contribution in [2.24, 2.45) is 11.5 Å². The van der Waals surface area contributed by atoms with Crippen molar-refractivity contribution in [2.75, 3.05) is 6.54 Å². The van der Waals surface area contributed by atoms with E-state index in [2.05, 4.69) is 25.9 Å². The topological polar surface area (TPSA) is 280 Å². The number of aliphatic carboxylic acids is 3. The van der Waals surface area contributed by atoms with Crippen LogP contribution in [0.1, 0.15) is 50.6 Å². The lowest BCUT2D eigenvalue weighted by atomic mass is 10.0. The summed E-state index contributed by atoms with van der Waals surface area (Å²) in [6.07, 6.45) is 2.08. The van der Waals surface area contributed by atoms with E-state index in [4.69, 9.17) is 21.7 Å². The van der Waals surface area contributed by atoms with Gasteiger partial charge in [-0.05, 0) is 38.6 Å². The van der Waals surface area contributed by atoms with Gasteiger partial charge in [0.05, 0.1) is 12.4 Å². The van der Waals surface area contributed by atoms with Crippen LogP contribution in [-0.4, -0.2) is 91.6 Å². The van der Waals surface area contributed by atoms with E-state index in [1.165, 1.54) is 12.5 Å². The van der Waals surface area contributed by atoms with Crippen molar-refractivity contribution in [3.8, 4) is 0 Å². The number of aromatic nitrogens is 2. The highest BCUT2D eigenvalue weighted by molar-refractivity contribution is 5.94. The molecule has 212 valence electrons. The summed E-state index contributed by atoms with van der Waals surface area (Å²) in [6.45, 7) is 0.326. The fraction of sp³-hybridized carbons (Fsp3) is 0.591. The average molecular weight is 542 g/mol. The molecule has 0 saturated heterocycles. The fourth-order valence-electron chi connectivity index (χ4n) is 3.37. The van der Waals surface area contributed by atoms with Crippen molar-refractivity contribution >= 4 is 35.6 Å². The number of carboxylic acids is 3. The highest BCUT2D eigenvalue weighted by Gasteiger charge is 2.31. The van der Waals surface area contributed by atoms with Crippen LogP contribution < -0.4 is 27.4 Å². The van der Waals surface area contributed by atoms with Crippen molar-refractivity contribution in [3.05, 3.63) is 18.2 Å². The lowest BCUT2D eigenvalue weighted by molar-refractivity contribution is -0.143. The zero-order valence-electron chi connectivity index (χ0n) is 20.7. The van der Waals surface area contributed by atoms with Crippen LogP contribution in [0.2, 0.25) is 0 Å². The summed E-state index contributed by atoms with van der Waals surface area (Å²) in [5, 5.41) is 34.4. The number of carboxylic acid groups (broad SMARTS) is 3. The Labute approximate surface area is 217 Å². The van der Waals surface area contributed by atoms with Crippen LogP contribution in [-0.2, 0) is 35.2 Å². The first-order valence-corrected chi connectivity index (χ1v) is 11.9. The maximum absolute atomic E-state index is 13.0. The van der Waals surface area contributed by atoms with E-state index in [-0.39, 0.29) is 25.7 Å². The van der Waals surface area contributed by atoms with Gasteiger partial charge in [-0.2, -0.15) is 0 Å². The number of rotatable bonds is 19. The maximum atomic E-state index is 13.0. The Kier molecular flexibility index (Phi) is 14.0. The quantitative estimate of drug-likeness (QED) is 0.0834. The van der Waals surface area contributed by atoms with Gasteiger partial charge in [0.1, 0.15) is 18.1 Å². The molecule has 1 heterocycles. The van der Waals surface area contributed by atoms with Crippen LogP contribution in [0.25, 0.3) is 0 Å². The molecule has 0 saturated carbocycles. The van der Waals surface area contributed by atoms with Gasteiger partial charge < -0.3 is 47.7 Å². The molecule has 1 aromatic rings. The lowest BCUT2D eigenvalue weighted by Crippen LogP contribution is -2.57. The summed E-state index contributed by atoms with van der Waals surface area (Å²) >= 11 is 0. The van der Waals surface area contributed by atoms with Crippen LogP contribution in [0, 0.1) is 0 Å². The Hall–Kier alpha value is -4.05. The number of amides is 3. The average Bonchev–Trinajstić information content (AvgIpc) is 3.35. The summed E-state index contributed by atoms with van der Waals surface area (Å²) in [5.74, 6) is -6.53. The van der Waals surface area contributed by atoms with Crippen LogP contribution >= 0.6 is 0 Å². The summed E-state index contributed by atoms with van der Waals surface area (Å²) in [6, 6.07) is -5.32. The summed E-state index contributed by atoms with van der Waals surface area (Å²) in [5.41, 5.74) is 11.8. The molecular weight excluding hydrogens is 506 g/mol. The third kappa shape index (κ3) is 12.3. The maximum Gasteiger partial charge on any atom is 0.326 e. The Balaban J connectivity index is 2.98. The third-order valence-corrected chi connectivity index (χ3v) is 5.45. The van der Waals surface area contributed by atoms with Crippen LogP contribution in [0.15, 0.2) is 12.5 Å². The minimum Gasteiger partial charge on any atom is -0.481 e. The molecule has 0 aliphatic carbocycles. The molecule has 16 heteroatoms. The number of carbonyl (C=O) groups is 6. The minimum absolute atomic E-state index is 0.0451. The number of aromatic amines is 1. The molecule has 1 rings (SSSR count). The Morgan fingerprint density at radius 2 is 1.34 bits per heavy atom. The molecule has 38 heavy (non-hydrogen) atoms. The summed E-state index contributed by atoms with van der Waals surface area (Å²) < 4.78 is 0. The van der Waals surface area contributed by atoms with E-state index >= 15 is 0 Å². The number of hydrogen-bond acceptors (Lipinski definition) is 9. The SMILES string of the molecule is NCCCCC(NC(=O)C(CCC(=O)O)NC(=O)C(CCC(=O)O)NC(=O)C(N)Cc1cnc[nH]1)C(=O)O. The molecule has 0 aromatic carbocycles. The van der Waals surface area contributed by atoms with Crippen molar-refractivity contribution in [1.29, 1.82) is 0 Å². The largest absolute Gasteiger partial charge is 0.481 e. The smallest absolute Gasteiger partial charge is 0.326 e. The first-order valence-electron chi connectivity index (χ1n) is 11.9. The van der Waals surface area contributed by atoms with Gasteiger partial charge in [-0.1, -0.05) is 0 Å². The standard InChI is InChI=1S/C22H35N7O9/c23-8-2-1-3-16(22(37)38)29-21(36)15(5-7-18(32)33)28-20(35)14(4-6-17(30)31)27-19(34)13(24)9-12-10-25-11-26-12/h10-11,13-16H,1-9,23-24H2,(H,25,26)(H,27,34)(H,28,35)(H,29,36)(H,30,31)(H,32,33)(H,37,38). The van der Waals surface area contributed by atoms with Crippen molar-refractivity contribution in [3.63, 3.8) is 0 Å². The lowest BCUT2D eigenvalue weighted by Gasteiger charge is -2.25. The number of nitrogens with one attached hydrogen (secondary N) is 4. The predicted octanol–water partition coefficient (Wildman–Crippen LogP) is -2.32. The Morgan fingerprint density at radius 3 is 1.79 bits per heavy atom. The van der Waals surface area contributed by atoms with E-state index in [1.807, 2.05) is 0 Å². The van der Waals surface area contributed by atoms with E-state index < -0.39 is 72.6 Å². The molecule has 16 nitrogen and oxygen atoms in total. The number of imidazole rings is 1. The first-order chi connectivity index (χ1) is 17.9. The molecule has 3 amide bonds. The second-order valence-electron chi connectivity index (χ2n) is 8.56. The molecule has 0 aliphatic rings. The number of unbranched alkanes of at least 4 members (excludes halogenated alkanes) is 1. The predicted molar refractivity (Wildman–Crippen MR) is 130 cm³/mol. The van der Waals surface area contributed by atoms with Gasteiger partial charge in [-0.3, -0.25) is 24.0 Å². The molecule has 4 atom stereocenters. The van der Waals surface area contributed by atoms with E-state index in [0.29, 0.717) is 25.1 Å². The highest BCUT2D eigenvalue weighted by atomic mass is 16.4. The molecule has 0 fully saturated rings. The van der Waals surface area contributed by atoms with E-state index in [0.717, 1.165) is 0 Å². The zero-order valence-corrected chi connectivity index (χ0v) is 20.7. The van der Waals surface area contributed by atoms with Gasteiger partial charge in [0, 0.05) is 31.2 Å². The highest BCUT2D eigenvalue weighted by Crippen LogP contribution is 2.07. The van der Waals surface area contributed by atoms with Gasteiger partial charge in [0.2, 0.25) is 17.7 Å². The van der Waals surface area contributed by atoms with Gasteiger partial charge in [0.25, 0.3) is 0 Å². The van der Waals surface area contributed by atoms with Gasteiger partial charge in [-0.25, -0.2) is 9.78 Å². The molecule has 11 N–H and O–H groups in total. The molecular formula is C22H35N7O9. The van der Waals surface area contributed by atoms with Crippen LogP contribution in [0.3, 0.4) is 0 Å². The van der Waals surface area contributed by atoms with E-state index in [9.17, 15) is 33.9 Å². The molecule has 0 spiro atoms. The molecule has 0 radical (unpaired) electrons. The fourth-order valence-corrected chi connectivity index (χ4v) is 3.37. The Morgan fingerprint density at radius 1 is 0.816 bits per heavy atom.